The summed E-state index contributed by atoms with van der Waals surface area (Å²) in [5, 5.41) is 3.12. The smallest absolute Gasteiger partial charge is 0.416 e. The lowest BCUT2D eigenvalue weighted by atomic mass is 9.98. The fourth-order valence-electron chi connectivity index (χ4n) is 4.92. The van der Waals surface area contributed by atoms with Gasteiger partial charge in [0.25, 0.3) is 0 Å². The van der Waals surface area contributed by atoms with Crippen molar-refractivity contribution in [1.29, 1.82) is 0 Å². The molecule has 1 aliphatic heterocycles. The number of hydrogen-bond donors (Lipinski definition) is 1. The molecule has 0 radical (unpaired) electrons. The number of aromatic nitrogens is 3. The molecular formula is C31H30F3N5O2S. The van der Waals surface area contributed by atoms with E-state index in [1.54, 1.807) is 18.2 Å². The molecule has 1 aliphatic rings. The van der Waals surface area contributed by atoms with Crippen molar-refractivity contribution in [3.63, 3.8) is 0 Å². The van der Waals surface area contributed by atoms with Crippen LogP contribution in [0.15, 0.2) is 48.8 Å². The molecule has 1 atom stereocenters. The highest BCUT2D eigenvalue weighted by Crippen LogP contribution is 2.36. The van der Waals surface area contributed by atoms with Gasteiger partial charge in [0, 0.05) is 30.7 Å². The van der Waals surface area contributed by atoms with E-state index in [4.69, 9.17) is 4.74 Å². The molecule has 1 N–H and O–H groups in total. The van der Waals surface area contributed by atoms with Gasteiger partial charge in [-0.2, -0.15) is 13.2 Å². The fourth-order valence-corrected chi connectivity index (χ4v) is 5.84. The van der Waals surface area contributed by atoms with Gasteiger partial charge in [0.2, 0.25) is 11.8 Å². The van der Waals surface area contributed by atoms with E-state index < -0.39 is 11.7 Å². The van der Waals surface area contributed by atoms with Crippen LogP contribution in [0, 0.1) is 17.8 Å². The van der Waals surface area contributed by atoms with E-state index >= 15 is 0 Å². The van der Waals surface area contributed by atoms with Crippen LogP contribution in [0.4, 0.5) is 18.3 Å². The van der Waals surface area contributed by atoms with E-state index in [1.807, 2.05) is 6.07 Å². The van der Waals surface area contributed by atoms with Gasteiger partial charge in [0.15, 0.2) is 10.9 Å². The van der Waals surface area contributed by atoms with Crippen molar-refractivity contribution >= 4 is 32.6 Å². The van der Waals surface area contributed by atoms with E-state index in [1.165, 1.54) is 30.7 Å². The highest BCUT2D eigenvalue weighted by molar-refractivity contribution is 7.22. The zero-order valence-electron chi connectivity index (χ0n) is 23.5. The number of carbonyl (C=O) groups is 1. The van der Waals surface area contributed by atoms with E-state index in [2.05, 4.69) is 50.9 Å². The lowest BCUT2D eigenvalue weighted by Crippen LogP contribution is -2.40. The maximum Gasteiger partial charge on any atom is 0.416 e. The first kappa shape index (κ1) is 29.5. The summed E-state index contributed by atoms with van der Waals surface area (Å²) >= 11 is 1.31. The van der Waals surface area contributed by atoms with Crippen molar-refractivity contribution in [2.24, 2.45) is 5.92 Å². The van der Waals surface area contributed by atoms with E-state index in [9.17, 15) is 18.0 Å². The number of para-hydroxylation sites is 1. The van der Waals surface area contributed by atoms with Crippen LogP contribution in [0.3, 0.4) is 0 Å². The van der Waals surface area contributed by atoms with Crippen LogP contribution in [-0.2, 0) is 11.0 Å². The van der Waals surface area contributed by atoms with Crippen molar-refractivity contribution in [2.75, 3.05) is 18.4 Å². The molecule has 0 unspecified atom stereocenters. The van der Waals surface area contributed by atoms with Gasteiger partial charge < -0.3 is 10.1 Å². The van der Waals surface area contributed by atoms with Crippen molar-refractivity contribution < 1.29 is 22.7 Å². The van der Waals surface area contributed by atoms with Crippen molar-refractivity contribution in [2.45, 2.75) is 52.3 Å². The maximum atomic E-state index is 13.7. The Morgan fingerprint density at radius 3 is 2.79 bits per heavy atom. The number of benzene rings is 2. The number of ether oxygens (including phenoxy) is 1. The summed E-state index contributed by atoms with van der Waals surface area (Å²) in [6.45, 7) is 7.52. The Hall–Kier alpha value is -4.01. The minimum absolute atomic E-state index is 0.0196. The second-order valence-electron chi connectivity index (χ2n) is 10.6. The summed E-state index contributed by atoms with van der Waals surface area (Å²) in [6.07, 6.45) is -0.202. The molecule has 3 heterocycles. The Balaban J connectivity index is 1.49. The predicted molar refractivity (Wildman–Crippen MR) is 157 cm³/mol. The van der Waals surface area contributed by atoms with Crippen molar-refractivity contribution in [3.05, 3.63) is 59.9 Å². The van der Waals surface area contributed by atoms with Gasteiger partial charge in [-0.25, -0.2) is 15.0 Å². The summed E-state index contributed by atoms with van der Waals surface area (Å²) in [4.78, 5) is 26.8. The molecule has 2 aromatic heterocycles. The van der Waals surface area contributed by atoms with Gasteiger partial charge in [-0.15, -0.1) is 0 Å². The molecule has 0 saturated carbocycles. The van der Waals surface area contributed by atoms with Gasteiger partial charge in [-0.1, -0.05) is 49.2 Å². The van der Waals surface area contributed by atoms with Gasteiger partial charge >= 0.3 is 6.18 Å². The summed E-state index contributed by atoms with van der Waals surface area (Å²) in [5.41, 5.74) is 0.852. The van der Waals surface area contributed by atoms with E-state index in [0.29, 0.717) is 33.6 Å². The molecule has 11 heteroatoms. The number of hydrogen-bond acceptors (Lipinski definition) is 7. The molecule has 0 bridgehead atoms. The van der Waals surface area contributed by atoms with Crippen LogP contribution < -0.4 is 10.1 Å². The number of amides is 1. The van der Waals surface area contributed by atoms with Crippen LogP contribution in [0.5, 0.6) is 11.6 Å². The lowest BCUT2D eigenvalue weighted by Gasteiger charge is -2.33. The SMILES string of the molecule is CC(=O)Nc1nc2c(Oc3cc(-c4ccc(C(F)(F)F)cc4C#C[C@@H]4CCCCN4CC(C)C)ncn3)cccc2s1. The molecule has 1 amide bonds. The van der Waals surface area contributed by atoms with Crippen LogP contribution >= 0.6 is 11.3 Å². The number of fused-ring (bicyclic) bond motifs is 1. The second-order valence-corrected chi connectivity index (χ2v) is 11.6. The number of thiazole rings is 1. The Labute approximate surface area is 246 Å². The van der Waals surface area contributed by atoms with Crippen LogP contribution in [0.2, 0.25) is 0 Å². The number of nitrogens with one attached hydrogen (secondary N) is 1. The van der Waals surface area contributed by atoms with Gasteiger partial charge in [0.05, 0.1) is 22.0 Å². The number of halogens is 3. The average Bonchev–Trinajstić information content (AvgIpc) is 3.34. The molecule has 7 nitrogen and oxygen atoms in total. The number of nitrogens with zero attached hydrogens (tertiary/aromatic N) is 4. The zero-order chi connectivity index (χ0) is 29.9. The second kappa shape index (κ2) is 12.5. The van der Waals surface area contributed by atoms with Crippen LogP contribution in [0.1, 0.15) is 51.2 Å². The minimum Gasteiger partial charge on any atom is -0.437 e. The topological polar surface area (TPSA) is 80.2 Å². The third-order valence-corrected chi connectivity index (χ3v) is 7.67. The first-order valence-corrected chi connectivity index (χ1v) is 14.5. The van der Waals surface area contributed by atoms with Crippen molar-refractivity contribution in [1.82, 2.24) is 19.9 Å². The quantitative estimate of drug-likeness (QED) is 0.235. The Kier molecular flexibility index (Phi) is 8.75. The van der Waals surface area contributed by atoms with Crippen LogP contribution in [-0.4, -0.2) is 44.9 Å². The summed E-state index contributed by atoms with van der Waals surface area (Å²) < 4.78 is 47.9. The number of anilines is 1. The first-order valence-electron chi connectivity index (χ1n) is 13.7. The standard InChI is InChI=1S/C31H30F3N5O2S/c1-19(2)17-39-14-5-4-7-23(39)12-10-21-15-22(31(32,33)34)11-13-24(21)25-16-28(36-18-35-25)41-26-8-6-9-27-29(26)38-30(42-27)37-20(3)40/h6,8-9,11,13,15-16,18-19,23H,4-5,7,14,17H2,1-3H3,(H,37,38,40)/t23-/m0/s1. The summed E-state index contributed by atoms with van der Waals surface area (Å²) in [5.74, 6) is 7.18. The zero-order valence-corrected chi connectivity index (χ0v) is 24.3. The maximum absolute atomic E-state index is 13.7. The predicted octanol–water partition coefficient (Wildman–Crippen LogP) is 7.38. The molecule has 0 aliphatic carbocycles. The number of rotatable bonds is 6. The van der Waals surface area contributed by atoms with Gasteiger partial charge in [-0.05, 0) is 56.0 Å². The van der Waals surface area contributed by atoms with E-state index in [-0.39, 0.29) is 23.4 Å². The minimum atomic E-state index is -4.51. The number of carbonyl (C=O) groups excluding carboxylic acids is 1. The first-order chi connectivity index (χ1) is 20.1. The lowest BCUT2D eigenvalue weighted by molar-refractivity contribution is -0.137. The highest BCUT2D eigenvalue weighted by atomic mass is 32.1. The largest absolute Gasteiger partial charge is 0.437 e. The average molecular weight is 594 g/mol. The molecule has 4 aromatic rings. The molecule has 1 saturated heterocycles. The molecule has 218 valence electrons. The Bertz CT molecular complexity index is 1660. The third-order valence-electron chi connectivity index (χ3n) is 6.73. The molecular weight excluding hydrogens is 563 g/mol. The van der Waals surface area contributed by atoms with Gasteiger partial charge in [-0.3, -0.25) is 9.69 Å². The number of piperidine rings is 1. The Morgan fingerprint density at radius 1 is 1.19 bits per heavy atom. The molecule has 1 fully saturated rings. The molecule has 0 spiro atoms. The van der Waals surface area contributed by atoms with Gasteiger partial charge in [0.1, 0.15) is 11.8 Å². The number of likely N-dealkylation sites (tertiary alicyclic amines) is 1. The summed E-state index contributed by atoms with van der Waals surface area (Å²) in [7, 11) is 0. The Morgan fingerprint density at radius 2 is 2.02 bits per heavy atom. The fraction of sp³-hybridized carbons (Fsp3) is 0.355. The van der Waals surface area contributed by atoms with E-state index in [0.717, 1.165) is 49.2 Å². The normalized spacial score (nSPS) is 15.8. The monoisotopic (exact) mass is 593 g/mol. The number of alkyl halides is 3. The molecule has 42 heavy (non-hydrogen) atoms. The molecule has 5 rings (SSSR count). The van der Waals surface area contributed by atoms with Crippen molar-refractivity contribution in [3.8, 4) is 34.7 Å². The third kappa shape index (κ3) is 7.06. The molecule has 2 aromatic carbocycles. The summed E-state index contributed by atoms with van der Waals surface area (Å²) in [6, 6.07) is 10.4. The van der Waals surface area contributed by atoms with Crippen LogP contribution in [0.25, 0.3) is 21.5 Å². The highest BCUT2D eigenvalue weighted by Gasteiger charge is 2.31.